The summed E-state index contributed by atoms with van der Waals surface area (Å²) in [6.07, 6.45) is 6.66. The van der Waals surface area contributed by atoms with Crippen molar-refractivity contribution in [2.75, 3.05) is 6.67 Å². The molecule has 1 atom stereocenters. The van der Waals surface area contributed by atoms with Crippen LogP contribution in [-0.2, 0) is 0 Å². The molecule has 0 saturated carbocycles. The Morgan fingerprint density at radius 2 is 2.60 bits per heavy atom. The predicted molar refractivity (Wildman–Crippen MR) is 36.6 cm³/mol. The lowest BCUT2D eigenvalue weighted by Crippen LogP contribution is -2.22. The highest BCUT2D eigenvalue weighted by Crippen LogP contribution is 2.21. The Bertz CT molecular complexity index is 198. The topological polar surface area (TPSA) is 15.3 Å². The molecule has 1 aliphatic carbocycles. The predicted octanol–water partition coefficient (Wildman–Crippen LogP) is 0.946. The van der Waals surface area contributed by atoms with Gasteiger partial charge < -0.3 is 0 Å². The van der Waals surface area contributed by atoms with Crippen molar-refractivity contribution in [2.24, 2.45) is 0 Å². The number of fused-ring (bicyclic) bond motifs is 1. The molecule has 1 N–H and O–H groups in total. The summed E-state index contributed by atoms with van der Waals surface area (Å²) in [4.78, 5) is 0. The quantitative estimate of drug-likeness (QED) is 0.504. The standard InChI is InChI=1S/C7H9FN2/c8-10-5-9-6-3-1-2-4-7(6)10/h1-2,4,6,9H,3,5H2. The van der Waals surface area contributed by atoms with Crippen molar-refractivity contribution in [3.63, 3.8) is 0 Å². The fourth-order valence-corrected chi connectivity index (χ4v) is 1.34. The molecule has 1 unspecified atom stereocenters. The Kier molecular flexibility index (Phi) is 1.24. The number of hydrogen-bond donors (Lipinski definition) is 1. The van der Waals surface area contributed by atoms with Gasteiger partial charge in [0.05, 0.1) is 11.7 Å². The monoisotopic (exact) mass is 140 g/mol. The van der Waals surface area contributed by atoms with Gasteiger partial charge in [0.2, 0.25) is 0 Å². The van der Waals surface area contributed by atoms with Crippen molar-refractivity contribution < 1.29 is 4.48 Å². The van der Waals surface area contributed by atoms with Crippen LogP contribution in [-0.4, -0.2) is 17.8 Å². The van der Waals surface area contributed by atoms with E-state index in [0.29, 0.717) is 6.67 Å². The zero-order valence-electron chi connectivity index (χ0n) is 5.55. The maximum Gasteiger partial charge on any atom is 0.100 e. The summed E-state index contributed by atoms with van der Waals surface area (Å²) < 4.78 is 12.7. The minimum Gasteiger partial charge on any atom is -0.289 e. The maximum atomic E-state index is 12.7. The van der Waals surface area contributed by atoms with Crippen molar-refractivity contribution in [1.29, 1.82) is 0 Å². The molecule has 1 saturated heterocycles. The van der Waals surface area contributed by atoms with Gasteiger partial charge in [-0.2, -0.15) is 0 Å². The van der Waals surface area contributed by atoms with Crippen LogP contribution in [0.4, 0.5) is 4.48 Å². The summed E-state index contributed by atoms with van der Waals surface area (Å²) in [5.74, 6) is 0. The Morgan fingerprint density at radius 1 is 1.70 bits per heavy atom. The Morgan fingerprint density at radius 3 is 3.40 bits per heavy atom. The third-order valence-corrected chi connectivity index (χ3v) is 1.89. The first-order valence-corrected chi connectivity index (χ1v) is 3.41. The lowest BCUT2D eigenvalue weighted by molar-refractivity contribution is 0.0889. The van der Waals surface area contributed by atoms with E-state index in [2.05, 4.69) is 5.32 Å². The van der Waals surface area contributed by atoms with E-state index in [0.717, 1.165) is 17.2 Å². The highest BCUT2D eigenvalue weighted by molar-refractivity contribution is 5.24. The molecule has 0 amide bonds. The van der Waals surface area contributed by atoms with Crippen LogP contribution >= 0.6 is 0 Å². The molecule has 0 radical (unpaired) electrons. The molecule has 1 fully saturated rings. The van der Waals surface area contributed by atoms with Crippen LogP contribution in [0.2, 0.25) is 0 Å². The maximum absolute atomic E-state index is 12.7. The minimum absolute atomic E-state index is 0.218. The van der Waals surface area contributed by atoms with Gasteiger partial charge in [0, 0.05) is 0 Å². The summed E-state index contributed by atoms with van der Waals surface area (Å²) in [5, 5.41) is 3.80. The number of allylic oxidation sites excluding steroid dienone is 2. The number of nitrogens with one attached hydrogen (secondary N) is 1. The first-order chi connectivity index (χ1) is 4.88. The van der Waals surface area contributed by atoms with E-state index in [1.807, 2.05) is 18.2 Å². The van der Waals surface area contributed by atoms with Gasteiger partial charge in [-0.05, 0) is 12.5 Å². The van der Waals surface area contributed by atoms with Crippen LogP contribution in [0.15, 0.2) is 23.9 Å². The Balaban J connectivity index is 2.25. The molecule has 2 nitrogen and oxygen atoms in total. The van der Waals surface area contributed by atoms with Crippen LogP contribution in [0.1, 0.15) is 6.42 Å². The third kappa shape index (κ3) is 0.743. The van der Waals surface area contributed by atoms with E-state index in [-0.39, 0.29) is 6.04 Å². The molecule has 1 aliphatic heterocycles. The van der Waals surface area contributed by atoms with Crippen LogP contribution in [0.25, 0.3) is 0 Å². The van der Waals surface area contributed by atoms with Crippen molar-refractivity contribution in [2.45, 2.75) is 12.5 Å². The smallest absolute Gasteiger partial charge is 0.100 e. The fourth-order valence-electron chi connectivity index (χ4n) is 1.34. The number of hydrogen-bond acceptors (Lipinski definition) is 2. The molecule has 0 aromatic carbocycles. The number of nitrogens with zero attached hydrogens (tertiary/aromatic N) is 1. The summed E-state index contributed by atoms with van der Waals surface area (Å²) in [5.41, 5.74) is 0.766. The minimum atomic E-state index is 0.218. The molecule has 2 rings (SSSR count). The molecule has 1 heterocycles. The average Bonchev–Trinajstić information content (AvgIpc) is 2.34. The molecule has 10 heavy (non-hydrogen) atoms. The Hall–Kier alpha value is -0.830. The SMILES string of the molecule is FN1CNC2CC=CC=C21. The van der Waals surface area contributed by atoms with Crippen molar-refractivity contribution >= 4 is 0 Å². The van der Waals surface area contributed by atoms with Crippen molar-refractivity contribution in [1.82, 2.24) is 10.4 Å². The lowest BCUT2D eigenvalue weighted by Gasteiger charge is -2.12. The van der Waals surface area contributed by atoms with Crippen molar-refractivity contribution in [3.8, 4) is 0 Å². The number of rotatable bonds is 0. The summed E-state index contributed by atoms with van der Waals surface area (Å²) in [7, 11) is 0. The number of halogens is 1. The van der Waals surface area contributed by atoms with E-state index in [4.69, 9.17) is 0 Å². The second-order valence-electron chi connectivity index (χ2n) is 2.53. The molecular formula is C7H9FN2. The van der Waals surface area contributed by atoms with E-state index in [1.165, 1.54) is 0 Å². The van der Waals surface area contributed by atoms with Gasteiger partial charge in [-0.1, -0.05) is 16.6 Å². The second-order valence-corrected chi connectivity index (χ2v) is 2.53. The van der Waals surface area contributed by atoms with Gasteiger partial charge in [0.1, 0.15) is 6.67 Å². The molecule has 3 heteroatoms. The van der Waals surface area contributed by atoms with E-state index < -0.39 is 0 Å². The van der Waals surface area contributed by atoms with Gasteiger partial charge >= 0.3 is 0 Å². The third-order valence-electron chi connectivity index (χ3n) is 1.89. The zero-order chi connectivity index (χ0) is 6.97. The highest BCUT2D eigenvalue weighted by atomic mass is 19.2. The summed E-state index contributed by atoms with van der Waals surface area (Å²) in [6.45, 7) is 0.332. The highest BCUT2D eigenvalue weighted by Gasteiger charge is 2.26. The second kappa shape index (κ2) is 2.09. The van der Waals surface area contributed by atoms with Crippen molar-refractivity contribution in [3.05, 3.63) is 23.9 Å². The molecule has 0 aromatic heterocycles. The average molecular weight is 140 g/mol. The van der Waals surface area contributed by atoms with Crippen LogP contribution < -0.4 is 5.32 Å². The summed E-state index contributed by atoms with van der Waals surface area (Å²) >= 11 is 0. The molecule has 0 aromatic rings. The zero-order valence-corrected chi connectivity index (χ0v) is 5.55. The molecule has 2 aliphatic rings. The Labute approximate surface area is 58.9 Å². The van der Waals surface area contributed by atoms with E-state index >= 15 is 0 Å². The van der Waals surface area contributed by atoms with E-state index in [1.54, 1.807) is 0 Å². The lowest BCUT2D eigenvalue weighted by atomic mass is 10.1. The molecule has 0 spiro atoms. The molecule has 54 valence electrons. The van der Waals surface area contributed by atoms with Gasteiger partial charge in [0.15, 0.2) is 0 Å². The van der Waals surface area contributed by atoms with E-state index in [9.17, 15) is 4.48 Å². The van der Waals surface area contributed by atoms with Crippen LogP contribution in [0.5, 0.6) is 0 Å². The largest absolute Gasteiger partial charge is 0.289 e. The van der Waals surface area contributed by atoms with Gasteiger partial charge in [0.25, 0.3) is 0 Å². The van der Waals surface area contributed by atoms with Gasteiger partial charge in [-0.3, -0.25) is 5.32 Å². The molecule has 0 bridgehead atoms. The van der Waals surface area contributed by atoms with Gasteiger partial charge in [-0.15, -0.1) is 0 Å². The normalized spacial score (nSPS) is 30.3. The first kappa shape index (κ1) is 5.92. The first-order valence-electron chi connectivity index (χ1n) is 3.41. The fraction of sp³-hybridized carbons (Fsp3) is 0.429. The molecular weight excluding hydrogens is 131 g/mol. The van der Waals surface area contributed by atoms with Gasteiger partial charge in [-0.25, -0.2) is 5.12 Å². The van der Waals surface area contributed by atoms with Crippen LogP contribution in [0, 0.1) is 0 Å². The van der Waals surface area contributed by atoms with Crippen LogP contribution in [0.3, 0.4) is 0 Å². The summed E-state index contributed by atoms with van der Waals surface area (Å²) in [6, 6.07) is 0.218.